The van der Waals surface area contributed by atoms with E-state index in [1.54, 1.807) is 37.3 Å². The first-order valence-electron chi connectivity index (χ1n) is 5.33. The van der Waals surface area contributed by atoms with E-state index in [4.69, 9.17) is 0 Å². The molecule has 1 aromatic carbocycles. The molecule has 0 unspecified atom stereocenters. The summed E-state index contributed by atoms with van der Waals surface area (Å²) in [5.74, 6) is -1.14. The maximum atomic E-state index is 12.0. The van der Waals surface area contributed by atoms with Gasteiger partial charge in [0.25, 0.3) is 0 Å². The minimum atomic E-state index is -1.31. The van der Waals surface area contributed by atoms with Crippen LogP contribution in [0.1, 0.15) is 18.9 Å². The predicted molar refractivity (Wildman–Crippen MR) is 67.2 cm³/mol. The van der Waals surface area contributed by atoms with E-state index in [0.29, 0.717) is 12.0 Å². The maximum absolute atomic E-state index is 12.0. The fraction of sp³-hybridized carbons (Fsp3) is 0.250. The van der Waals surface area contributed by atoms with Gasteiger partial charge in [-0.15, -0.1) is 0 Å². The zero-order valence-electron chi connectivity index (χ0n) is 9.32. The Morgan fingerprint density at radius 3 is 1.94 bits per heavy atom. The monoisotopic (exact) mass is 256 g/mol. The Labute approximate surface area is 127 Å². The van der Waals surface area contributed by atoms with Crippen LogP contribution < -0.4 is 10.6 Å². The number of carbonyl (C=O) groups excluding carboxylic acids is 3. The SMILES string of the molecule is CCC1(c2ccccc2)C(=O)NC(=O)NC1=O.[NaH]. The van der Waals surface area contributed by atoms with Crippen LogP contribution in [0.5, 0.6) is 0 Å². The van der Waals surface area contributed by atoms with Crippen LogP contribution in [0.3, 0.4) is 0 Å². The molecule has 4 amide bonds. The van der Waals surface area contributed by atoms with Crippen LogP contribution in [0.4, 0.5) is 4.79 Å². The van der Waals surface area contributed by atoms with E-state index in [2.05, 4.69) is 10.6 Å². The molecule has 1 aromatic rings. The molecule has 0 spiro atoms. The number of barbiturate groups is 1. The van der Waals surface area contributed by atoms with Gasteiger partial charge in [-0.1, -0.05) is 37.3 Å². The van der Waals surface area contributed by atoms with Crippen molar-refractivity contribution in [1.82, 2.24) is 10.6 Å². The van der Waals surface area contributed by atoms with E-state index in [-0.39, 0.29) is 29.6 Å². The number of imide groups is 2. The van der Waals surface area contributed by atoms with E-state index < -0.39 is 23.3 Å². The van der Waals surface area contributed by atoms with E-state index in [1.165, 1.54) is 0 Å². The fourth-order valence-electron chi connectivity index (χ4n) is 2.06. The minimum absolute atomic E-state index is 0. The van der Waals surface area contributed by atoms with E-state index in [9.17, 15) is 14.4 Å². The third-order valence-electron chi connectivity index (χ3n) is 3.03. The summed E-state index contributed by atoms with van der Waals surface area (Å²) in [5.41, 5.74) is -0.722. The zero-order valence-corrected chi connectivity index (χ0v) is 9.32. The van der Waals surface area contributed by atoms with Crippen LogP contribution in [0.2, 0.25) is 0 Å². The molecule has 6 heteroatoms. The summed E-state index contributed by atoms with van der Waals surface area (Å²) in [4.78, 5) is 35.0. The molecular formula is C12H13N2NaO3. The summed E-state index contributed by atoms with van der Waals surface area (Å²) in [6.07, 6.45) is 0.294. The molecule has 18 heavy (non-hydrogen) atoms. The molecule has 0 bridgehead atoms. The molecule has 5 nitrogen and oxygen atoms in total. The summed E-state index contributed by atoms with van der Waals surface area (Å²) in [5, 5.41) is 4.28. The molecule has 0 aromatic heterocycles. The first-order chi connectivity index (χ1) is 8.11. The molecule has 1 saturated heterocycles. The molecule has 1 fully saturated rings. The standard InChI is InChI=1S/C12H12N2O3.Na.H/c1-2-12(8-6-4-3-5-7-8)9(15)13-11(17)14-10(12)16;;/h3-7H,2H2,1H3,(H2,13,14,15,16,17);;. The van der Waals surface area contributed by atoms with Crippen LogP contribution in [0.25, 0.3) is 0 Å². The van der Waals surface area contributed by atoms with Gasteiger partial charge < -0.3 is 0 Å². The van der Waals surface area contributed by atoms with Crippen molar-refractivity contribution in [2.75, 3.05) is 0 Å². The molecular weight excluding hydrogens is 243 g/mol. The molecule has 90 valence electrons. The van der Waals surface area contributed by atoms with Crippen molar-refractivity contribution in [3.63, 3.8) is 0 Å². The number of urea groups is 1. The molecule has 2 N–H and O–H groups in total. The second-order valence-electron chi connectivity index (χ2n) is 3.86. The van der Waals surface area contributed by atoms with Gasteiger partial charge in [0, 0.05) is 0 Å². The van der Waals surface area contributed by atoms with Crippen molar-refractivity contribution in [2.45, 2.75) is 18.8 Å². The van der Waals surface area contributed by atoms with Gasteiger partial charge in [-0.2, -0.15) is 0 Å². The molecule has 2 rings (SSSR count). The van der Waals surface area contributed by atoms with Gasteiger partial charge in [-0.25, -0.2) is 4.79 Å². The van der Waals surface area contributed by atoms with Gasteiger partial charge >= 0.3 is 35.6 Å². The Morgan fingerprint density at radius 1 is 1.00 bits per heavy atom. The second-order valence-corrected chi connectivity index (χ2v) is 3.86. The number of carbonyl (C=O) groups is 3. The summed E-state index contributed by atoms with van der Waals surface area (Å²) in [6, 6.07) is 7.96. The summed E-state index contributed by atoms with van der Waals surface area (Å²) < 4.78 is 0. The van der Waals surface area contributed by atoms with Crippen molar-refractivity contribution in [1.29, 1.82) is 0 Å². The number of hydrogen-bond acceptors (Lipinski definition) is 3. The number of amides is 4. The Morgan fingerprint density at radius 2 is 1.50 bits per heavy atom. The second kappa shape index (κ2) is 5.65. The topological polar surface area (TPSA) is 75.3 Å². The summed E-state index contributed by atoms with van der Waals surface area (Å²) in [6.45, 7) is 1.74. The van der Waals surface area contributed by atoms with Crippen molar-refractivity contribution < 1.29 is 14.4 Å². The van der Waals surface area contributed by atoms with Crippen LogP contribution in [-0.4, -0.2) is 47.4 Å². The molecule has 0 saturated carbocycles. The van der Waals surface area contributed by atoms with Gasteiger partial charge in [-0.3, -0.25) is 20.2 Å². The third kappa shape index (κ3) is 2.21. The quantitative estimate of drug-likeness (QED) is 0.580. The number of rotatable bonds is 2. The van der Waals surface area contributed by atoms with Crippen molar-refractivity contribution in [3.05, 3.63) is 35.9 Å². The normalized spacial score (nSPS) is 17.5. The summed E-state index contributed by atoms with van der Waals surface area (Å²) >= 11 is 0. The van der Waals surface area contributed by atoms with Crippen molar-refractivity contribution in [3.8, 4) is 0 Å². The molecule has 1 aliphatic heterocycles. The third-order valence-corrected chi connectivity index (χ3v) is 3.03. The molecule has 1 aliphatic rings. The Bertz CT molecular complexity index is 467. The number of hydrogen-bond donors (Lipinski definition) is 2. The predicted octanol–water partition coefficient (Wildman–Crippen LogP) is 0.0519. The van der Waals surface area contributed by atoms with Gasteiger partial charge in [0.2, 0.25) is 11.8 Å². The van der Waals surface area contributed by atoms with Gasteiger partial charge in [0.1, 0.15) is 0 Å². The zero-order chi connectivity index (χ0) is 12.5. The van der Waals surface area contributed by atoms with Crippen molar-refractivity contribution in [2.24, 2.45) is 0 Å². The Kier molecular flexibility index (Phi) is 4.67. The van der Waals surface area contributed by atoms with Crippen LogP contribution in [0, 0.1) is 0 Å². The van der Waals surface area contributed by atoms with Gasteiger partial charge in [0.05, 0.1) is 0 Å². The van der Waals surface area contributed by atoms with Gasteiger partial charge in [0.15, 0.2) is 5.41 Å². The van der Waals surface area contributed by atoms with Crippen LogP contribution >= 0.6 is 0 Å². The van der Waals surface area contributed by atoms with Gasteiger partial charge in [-0.05, 0) is 12.0 Å². The Balaban J connectivity index is 0.00000162. The average molecular weight is 256 g/mol. The van der Waals surface area contributed by atoms with E-state index in [1.807, 2.05) is 0 Å². The summed E-state index contributed by atoms with van der Waals surface area (Å²) in [7, 11) is 0. The van der Waals surface area contributed by atoms with E-state index >= 15 is 0 Å². The first kappa shape index (κ1) is 14.9. The fourth-order valence-corrected chi connectivity index (χ4v) is 2.06. The van der Waals surface area contributed by atoms with Crippen molar-refractivity contribution >= 4 is 47.4 Å². The van der Waals surface area contributed by atoms with Crippen LogP contribution in [0.15, 0.2) is 30.3 Å². The van der Waals surface area contributed by atoms with Crippen LogP contribution in [-0.2, 0) is 15.0 Å². The molecule has 0 atom stereocenters. The molecule has 0 radical (unpaired) electrons. The first-order valence-corrected chi connectivity index (χ1v) is 5.33. The Hall–Kier alpha value is -1.17. The molecule has 1 heterocycles. The number of nitrogens with one attached hydrogen (secondary N) is 2. The van der Waals surface area contributed by atoms with E-state index in [0.717, 1.165) is 0 Å². The molecule has 0 aliphatic carbocycles. The number of benzene rings is 1. The average Bonchev–Trinajstić information content (AvgIpc) is 2.30.